The molecule has 0 aliphatic carbocycles. The third-order valence-corrected chi connectivity index (χ3v) is 3.27. The van der Waals surface area contributed by atoms with Crippen LogP contribution in [-0.4, -0.2) is 37.6 Å². The van der Waals surface area contributed by atoms with Crippen molar-refractivity contribution in [1.82, 2.24) is 10.6 Å². The molecule has 0 radical (unpaired) electrons. The third-order valence-electron chi connectivity index (χ3n) is 3.27. The number of rotatable bonds is 6. The molecule has 5 heteroatoms. The summed E-state index contributed by atoms with van der Waals surface area (Å²) in [5.74, 6) is 0.0435. The van der Waals surface area contributed by atoms with Gasteiger partial charge >= 0.3 is 0 Å². The Kier molecular flexibility index (Phi) is 6.56. The van der Waals surface area contributed by atoms with E-state index in [1.165, 1.54) is 6.08 Å². The predicted molar refractivity (Wildman–Crippen MR) is 73.5 cm³/mol. The molecule has 0 aromatic carbocycles. The molecule has 108 valence electrons. The lowest BCUT2D eigenvalue weighted by atomic mass is 9.87. The molecule has 1 saturated heterocycles. The Labute approximate surface area is 114 Å². The van der Waals surface area contributed by atoms with Gasteiger partial charge in [0.15, 0.2) is 0 Å². The fraction of sp³-hybridized carbons (Fsp3) is 0.714. The zero-order valence-electron chi connectivity index (χ0n) is 11.8. The highest BCUT2D eigenvalue weighted by atomic mass is 16.5. The van der Waals surface area contributed by atoms with Crippen LogP contribution in [0.5, 0.6) is 0 Å². The lowest BCUT2D eigenvalue weighted by Crippen LogP contribution is -2.45. The van der Waals surface area contributed by atoms with E-state index in [-0.39, 0.29) is 23.8 Å². The molecule has 2 N–H and O–H groups in total. The first-order valence-corrected chi connectivity index (χ1v) is 6.85. The number of carbonyl (C=O) groups excluding carboxylic acids is 2. The molecule has 1 aliphatic rings. The normalized spacial score (nSPS) is 22.9. The summed E-state index contributed by atoms with van der Waals surface area (Å²) in [6.45, 7) is 9.08. The highest BCUT2D eigenvalue weighted by Crippen LogP contribution is 2.26. The van der Waals surface area contributed by atoms with Crippen LogP contribution in [0.1, 0.15) is 26.7 Å². The number of nitrogens with one attached hydrogen (secondary N) is 2. The third kappa shape index (κ3) is 5.03. The lowest BCUT2D eigenvalue weighted by molar-refractivity contribution is -0.137. The molecule has 1 heterocycles. The van der Waals surface area contributed by atoms with E-state index in [0.29, 0.717) is 19.0 Å². The Morgan fingerprint density at radius 3 is 2.68 bits per heavy atom. The van der Waals surface area contributed by atoms with Gasteiger partial charge in [-0.3, -0.25) is 9.59 Å². The number of carbonyl (C=O) groups is 2. The van der Waals surface area contributed by atoms with Crippen LogP contribution in [-0.2, 0) is 14.3 Å². The minimum Gasteiger partial charge on any atom is -0.377 e. The van der Waals surface area contributed by atoms with Crippen LogP contribution in [0.4, 0.5) is 0 Å². The van der Waals surface area contributed by atoms with Crippen molar-refractivity contribution in [2.45, 2.75) is 32.8 Å². The standard InChI is InChI=1S/C14H24N2O3/c1-4-12(17)15-7-8-16-14(18)11-6-5-9-19-13(11)10(2)3/h4,10-11,13H,1,5-9H2,2-3H3,(H,15,17)(H,16,18)/t11-,13-/m0/s1. The molecule has 2 amide bonds. The van der Waals surface area contributed by atoms with Gasteiger partial charge in [-0.05, 0) is 24.8 Å². The monoisotopic (exact) mass is 268 g/mol. The van der Waals surface area contributed by atoms with E-state index < -0.39 is 0 Å². The van der Waals surface area contributed by atoms with Gasteiger partial charge in [-0.25, -0.2) is 0 Å². The van der Waals surface area contributed by atoms with E-state index in [0.717, 1.165) is 19.4 Å². The molecule has 1 rings (SSSR count). The fourth-order valence-electron chi connectivity index (χ4n) is 2.32. The van der Waals surface area contributed by atoms with Crippen LogP contribution in [0.3, 0.4) is 0 Å². The molecule has 0 unspecified atom stereocenters. The topological polar surface area (TPSA) is 67.4 Å². The summed E-state index contributed by atoms with van der Waals surface area (Å²) in [6, 6.07) is 0. The van der Waals surface area contributed by atoms with E-state index in [9.17, 15) is 9.59 Å². The molecule has 0 bridgehead atoms. The largest absolute Gasteiger partial charge is 0.377 e. The zero-order valence-corrected chi connectivity index (χ0v) is 11.8. The van der Waals surface area contributed by atoms with Crippen LogP contribution < -0.4 is 10.6 Å². The summed E-state index contributed by atoms with van der Waals surface area (Å²) >= 11 is 0. The van der Waals surface area contributed by atoms with E-state index in [4.69, 9.17) is 4.74 Å². The second kappa shape index (κ2) is 7.94. The lowest BCUT2D eigenvalue weighted by Gasteiger charge is -2.33. The molecule has 5 nitrogen and oxygen atoms in total. The van der Waals surface area contributed by atoms with Gasteiger partial charge in [-0.2, -0.15) is 0 Å². The Hall–Kier alpha value is -1.36. The van der Waals surface area contributed by atoms with Crippen LogP contribution in [0.15, 0.2) is 12.7 Å². The number of hydrogen-bond donors (Lipinski definition) is 2. The van der Waals surface area contributed by atoms with Crippen molar-refractivity contribution >= 4 is 11.8 Å². The molecule has 19 heavy (non-hydrogen) atoms. The molecular weight excluding hydrogens is 244 g/mol. The Morgan fingerprint density at radius 2 is 2.05 bits per heavy atom. The summed E-state index contributed by atoms with van der Waals surface area (Å²) in [7, 11) is 0. The maximum absolute atomic E-state index is 12.1. The van der Waals surface area contributed by atoms with Gasteiger partial charge in [0.1, 0.15) is 0 Å². The molecule has 0 aromatic heterocycles. The Morgan fingerprint density at radius 1 is 1.37 bits per heavy atom. The van der Waals surface area contributed by atoms with E-state index in [1.807, 2.05) is 0 Å². The van der Waals surface area contributed by atoms with Crippen molar-refractivity contribution < 1.29 is 14.3 Å². The number of ether oxygens (including phenoxy) is 1. The van der Waals surface area contributed by atoms with Gasteiger partial charge < -0.3 is 15.4 Å². The minimum absolute atomic E-state index is 0.00323. The molecule has 0 saturated carbocycles. The number of amides is 2. The van der Waals surface area contributed by atoms with Crippen LogP contribution >= 0.6 is 0 Å². The van der Waals surface area contributed by atoms with E-state index in [1.54, 1.807) is 0 Å². The average molecular weight is 268 g/mol. The van der Waals surface area contributed by atoms with Gasteiger partial charge in [0.25, 0.3) is 0 Å². The smallest absolute Gasteiger partial charge is 0.243 e. The first-order valence-electron chi connectivity index (χ1n) is 6.85. The zero-order chi connectivity index (χ0) is 14.3. The minimum atomic E-state index is -0.227. The first kappa shape index (κ1) is 15.7. The maximum atomic E-state index is 12.1. The van der Waals surface area contributed by atoms with Crippen LogP contribution in [0, 0.1) is 11.8 Å². The van der Waals surface area contributed by atoms with E-state index in [2.05, 4.69) is 31.1 Å². The van der Waals surface area contributed by atoms with Crippen molar-refractivity contribution in [2.75, 3.05) is 19.7 Å². The van der Waals surface area contributed by atoms with Gasteiger partial charge in [0.2, 0.25) is 11.8 Å². The average Bonchev–Trinajstić information content (AvgIpc) is 2.42. The van der Waals surface area contributed by atoms with Gasteiger partial charge in [0.05, 0.1) is 12.0 Å². The molecular formula is C14H24N2O3. The van der Waals surface area contributed by atoms with Crippen LogP contribution in [0.2, 0.25) is 0 Å². The van der Waals surface area contributed by atoms with Gasteiger partial charge in [0, 0.05) is 19.7 Å². The Balaban J connectivity index is 2.34. The molecule has 1 fully saturated rings. The first-order chi connectivity index (χ1) is 9.06. The molecule has 1 aliphatic heterocycles. The van der Waals surface area contributed by atoms with E-state index >= 15 is 0 Å². The fourth-order valence-corrected chi connectivity index (χ4v) is 2.32. The maximum Gasteiger partial charge on any atom is 0.243 e. The van der Waals surface area contributed by atoms with Crippen LogP contribution in [0.25, 0.3) is 0 Å². The highest BCUT2D eigenvalue weighted by molar-refractivity contribution is 5.86. The quantitative estimate of drug-likeness (QED) is 0.554. The molecule has 0 spiro atoms. The van der Waals surface area contributed by atoms with Crippen molar-refractivity contribution in [3.8, 4) is 0 Å². The molecule has 2 atom stereocenters. The predicted octanol–water partition coefficient (Wildman–Crippen LogP) is 0.856. The van der Waals surface area contributed by atoms with Crippen molar-refractivity contribution in [1.29, 1.82) is 0 Å². The van der Waals surface area contributed by atoms with Crippen molar-refractivity contribution in [2.24, 2.45) is 11.8 Å². The summed E-state index contributed by atoms with van der Waals surface area (Å²) < 4.78 is 5.69. The number of hydrogen-bond acceptors (Lipinski definition) is 3. The highest BCUT2D eigenvalue weighted by Gasteiger charge is 2.33. The van der Waals surface area contributed by atoms with Crippen molar-refractivity contribution in [3.05, 3.63) is 12.7 Å². The summed E-state index contributed by atoms with van der Waals surface area (Å²) in [6.07, 6.45) is 3.00. The van der Waals surface area contributed by atoms with Gasteiger partial charge in [-0.15, -0.1) is 0 Å². The van der Waals surface area contributed by atoms with Crippen molar-refractivity contribution in [3.63, 3.8) is 0 Å². The summed E-state index contributed by atoms with van der Waals surface area (Å²) in [5, 5.41) is 5.47. The second-order valence-corrected chi connectivity index (χ2v) is 5.11. The summed E-state index contributed by atoms with van der Waals surface area (Å²) in [4.78, 5) is 23.0. The SMILES string of the molecule is C=CC(=O)NCCNC(=O)[C@H]1CCCO[C@H]1C(C)C. The van der Waals surface area contributed by atoms with Gasteiger partial charge in [-0.1, -0.05) is 20.4 Å². The molecule has 0 aromatic rings. The summed E-state index contributed by atoms with van der Waals surface area (Å²) in [5.41, 5.74) is 0. The second-order valence-electron chi connectivity index (χ2n) is 5.11. The Bertz CT molecular complexity index is 329.